The highest BCUT2D eigenvalue weighted by Gasteiger charge is 2.18. The summed E-state index contributed by atoms with van der Waals surface area (Å²) in [5, 5.41) is 13.3. The Bertz CT molecular complexity index is 533. The zero-order valence-corrected chi connectivity index (χ0v) is 14.1. The van der Waals surface area contributed by atoms with Crippen LogP contribution in [0.1, 0.15) is 26.7 Å². The lowest BCUT2D eigenvalue weighted by atomic mass is 9.90. The van der Waals surface area contributed by atoms with Crippen molar-refractivity contribution < 1.29 is 4.74 Å². The van der Waals surface area contributed by atoms with Gasteiger partial charge in [-0.05, 0) is 38.8 Å². The van der Waals surface area contributed by atoms with E-state index in [9.17, 15) is 0 Å². The van der Waals surface area contributed by atoms with E-state index in [4.69, 9.17) is 21.6 Å². The Kier molecular flexibility index (Phi) is 5.93. The van der Waals surface area contributed by atoms with E-state index in [1.807, 2.05) is 26.0 Å². The van der Waals surface area contributed by atoms with Crippen molar-refractivity contribution in [3.8, 4) is 6.07 Å². The Balaban J connectivity index is 1.99. The second-order valence-electron chi connectivity index (χ2n) is 6.26. The maximum absolute atomic E-state index is 9.05. The van der Waals surface area contributed by atoms with Crippen LogP contribution in [0.15, 0.2) is 18.2 Å². The van der Waals surface area contributed by atoms with Crippen molar-refractivity contribution in [3.63, 3.8) is 0 Å². The van der Waals surface area contributed by atoms with Crippen molar-refractivity contribution in [3.05, 3.63) is 23.2 Å². The fraction of sp³-hybridized carbons (Fsp3) is 0.588. The maximum Gasteiger partial charge on any atom is 0.0792 e. The van der Waals surface area contributed by atoms with Gasteiger partial charge < -0.3 is 15.0 Å². The smallest absolute Gasteiger partial charge is 0.0792 e. The van der Waals surface area contributed by atoms with Gasteiger partial charge in [-0.25, -0.2) is 0 Å². The summed E-state index contributed by atoms with van der Waals surface area (Å²) in [4.78, 5) is 2.27. The average molecular weight is 322 g/mol. The standard InChI is InChI=1S/C17H24ClN3O/c1-17(2,13-19)7-4-8-20-15-6-3-5-14(18)16(15)21-9-11-22-12-10-21/h3,5-6,20H,4,7-12H2,1-2H3. The number of nitriles is 1. The Morgan fingerprint density at radius 2 is 2.09 bits per heavy atom. The van der Waals surface area contributed by atoms with Gasteiger partial charge in [0.05, 0.1) is 41.1 Å². The molecule has 22 heavy (non-hydrogen) atoms. The van der Waals surface area contributed by atoms with Gasteiger partial charge in [0.2, 0.25) is 0 Å². The first-order valence-electron chi connectivity index (χ1n) is 7.80. The van der Waals surface area contributed by atoms with Gasteiger partial charge in [0.25, 0.3) is 0 Å². The molecule has 5 heteroatoms. The van der Waals surface area contributed by atoms with Gasteiger partial charge in [-0.2, -0.15) is 5.26 Å². The van der Waals surface area contributed by atoms with Crippen LogP contribution in [0.3, 0.4) is 0 Å². The predicted octanol–water partition coefficient (Wildman–Crippen LogP) is 3.92. The summed E-state index contributed by atoms with van der Waals surface area (Å²) >= 11 is 6.41. The molecule has 0 amide bonds. The van der Waals surface area contributed by atoms with E-state index in [-0.39, 0.29) is 5.41 Å². The van der Waals surface area contributed by atoms with Crippen LogP contribution in [0.5, 0.6) is 0 Å². The molecule has 0 radical (unpaired) electrons. The molecule has 4 nitrogen and oxygen atoms in total. The third-order valence-electron chi connectivity index (χ3n) is 3.91. The number of ether oxygens (including phenoxy) is 1. The SMILES string of the molecule is CC(C)(C#N)CCCNc1cccc(Cl)c1N1CCOCC1. The third kappa shape index (κ3) is 4.53. The molecule has 0 unspecified atom stereocenters. The van der Waals surface area contributed by atoms with Crippen molar-refractivity contribution in [2.24, 2.45) is 5.41 Å². The number of anilines is 2. The van der Waals surface area contributed by atoms with Gasteiger partial charge in [0.1, 0.15) is 0 Å². The molecule has 1 fully saturated rings. The molecule has 1 heterocycles. The number of nitrogens with zero attached hydrogens (tertiary/aromatic N) is 2. The minimum Gasteiger partial charge on any atom is -0.383 e. The number of hydrogen-bond acceptors (Lipinski definition) is 4. The minimum atomic E-state index is -0.261. The van der Waals surface area contributed by atoms with E-state index >= 15 is 0 Å². The van der Waals surface area contributed by atoms with Crippen LogP contribution in [0, 0.1) is 16.7 Å². The van der Waals surface area contributed by atoms with Gasteiger partial charge in [-0.15, -0.1) is 0 Å². The second kappa shape index (κ2) is 7.71. The van der Waals surface area contributed by atoms with Crippen LogP contribution in [-0.4, -0.2) is 32.8 Å². The quantitative estimate of drug-likeness (QED) is 0.807. The van der Waals surface area contributed by atoms with Crippen molar-refractivity contribution in [1.82, 2.24) is 0 Å². The molecule has 1 aliphatic heterocycles. The maximum atomic E-state index is 9.05. The molecule has 2 rings (SSSR count). The van der Waals surface area contributed by atoms with E-state index in [1.54, 1.807) is 0 Å². The van der Waals surface area contributed by atoms with E-state index in [0.29, 0.717) is 0 Å². The number of benzene rings is 1. The second-order valence-corrected chi connectivity index (χ2v) is 6.67. The van der Waals surface area contributed by atoms with Crippen molar-refractivity contribution >= 4 is 23.0 Å². The normalized spacial score (nSPS) is 15.5. The molecule has 1 aliphatic rings. The first-order valence-corrected chi connectivity index (χ1v) is 8.18. The van der Waals surface area contributed by atoms with E-state index in [0.717, 1.165) is 62.1 Å². The molecule has 0 spiro atoms. The van der Waals surface area contributed by atoms with Crippen LogP contribution in [-0.2, 0) is 4.74 Å². The summed E-state index contributed by atoms with van der Waals surface area (Å²) < 4.78 is 5.41. The number of nitrogens with one attached hydrogen (secondary N) is 1. The lowest BCUT2D eigenvalue weighted by Gasteiger charge is -2.31. The molecular formula is C17H24ClN3O. The molecule has 1 saturated heterocycles. The molecular weight excluding hydrogens is 298 g/mol. The predicted molar refractivity (Wildman–Crippen MR) is 91.6 cm³/mol. The van der Waals surface area contributed by atoms with E-state index in [2.05, 4.69) is 22.4 Å². The van der Waals surface area contributed by atoms with Crippen molar-refractivity contribution in [2.75, 3.05) is 43.1 Å². The fourth-order valence-electron chi connectivity index (χ4n) is 2.58. The number of hydrogen-bond donors (Lipinski definition) is 1. The Morgan fingerprint density at radius 1 is 1.36 bits per heavy atom. The van der Waals surface area contributed by atoms with Crippen molar-refractivity contribution in [2.45, 2.75) is 26.7 Å². The first kappa shape index (κ1) is 16.9. The monoisotopic (exact) mass is 321 g/mol. The zero-order valence-electron chi connectivity index (χ0n) is 13.4. The summed E-state index contributed by atoms with van der Waals surface area (Å²) in [5.74, 6) is 0. The summed E-state index contributed by atoms with van der Waals surface area (Å²) in [6.45, 7) is 7.99. The fourth-order valence-corrected chi connectivity index (χ4v) is 2.87. The molecule has 0 saturated carbocycles. The highest BCUT2D eigenvalue weighted by atomic mass is 35.5. The van der Waals surface area contributed by atoms with Crippen LogP contribution in [0.4, 0.5) is 11.4 Å². The lowest BCUT2D eigenvalue weighted by molar-refractivity contribution is 0.123. The van der Waals surface area contributed by atoms with Crippen LogP contribution >= 0.6 is 11.6 Å². The topological polar surface area (TPSA) is 48.3 Å². The molecule has 1 N–H and O–H groups in total. The third-order valence-corrected chi connectivity index (χ3v) is 4.22. The van der Waals surface area contributed by atoms with Gasteiger partial charge in [0, 0.05) is 19.6 Å². The molecule has 0 bridgehead atoms. The van der Waals surface area contributed by atoms with Gasteiger partial charge in [-0.3, -0.25) is 0 Å². The number of morpholine rings is 1. The van der Waals surface area contributed by atoms with Crippen LogP contribution in [0.25, 0.3) is 0 Å². The number of rotatable bonds is 6. The van der Waals surface area contributed by atoms with Crippen LogP contribution in [0.2, 0.25) is 5.02 Å². The number of halogens is 1. The summed E-state index contributed by atoms with van der Waals surface area (Å²) in [5.41, 5.74) is 1.86. The Labute approximate surface area is 138 Å². The van der Waals surface area contributed by atoms with Crippen molar-refractivity contribution in [1.29, 1.82) is 5.26 Å². The average Bonchev–Trinajstić information content (AvgIpc) is 2.52. The first-order chi connectivity index (χ1) is 10.5. The largest absolute Gasteiger partial charge is 0.383 e. The minimum absolute atomic E-state index is 0.261. The molecule has 120 valence electrons. The molecule has 1 aromatic carbocycles. The molecule has 0 atom stereocenters. The Hall–Kier alpha value is -1.44. The van der Waals surface area contributed by atoms with E-state index in [1.165, 1.54) is 0 Å². The van der Waals surface area contributed by atoms with Crippen LogP contribution < -0.4 is 10.2 Å². The van der Waals surface area contributed by atoms with Gasteiger partial charge in [0.15, 0.2) is 0 Å². The Morgan fingerprint density at radius 3 is 2.77 bits per heavy atom. The highest BCUT2D eigenvalue weighted by molar-refractivity contribution is 6.34. The summed E-state index contributed by atoms with van der Waals surface area (Å²) in [6.07, 6.45) is 1.83. The molecule has 0 aromatic heterocycles. The molecule has 1 aromatic rings. The zero-order chi connectivity index (χ0) is 16.0. The lowest BCUT2D eigenvalue weighted by Crippen LogP contribution is -2.36. The van der Waals surface area contributed by atoms with Gasteiger partial charge >= 0.3 is 0 Å². The van der Waals surface area contributed by atoms with E-state index < -0.39 is 0 Å². The summed E-state index contributed by atoms with van der Waals surface area (Å²) in [7, 11) is 0. The number of para-hydroxylation sites is 1. The highest BCUT2D eigenvalue weighted by Crippen LogP contribution is 2.34. The summed E-state index contributed by atoms with van der Waals surface area (Å²) in [6, 6.07) is 8.30. The molecule has 0 aliphatic carbocycles. The van der Waals surface area contributed by atoms with Gasteiger partial charge in [-0.1, -0.05) is 17.7 Å².